The first kappa shape index (κ1) is 23.5. The molecule has 12 heteroatoms. The molecule has 0 aromatic heterocycles. The van der Waals surface area contributed by atoms with Gasteiger partial charge in [0.15, 0.2) is 29.0 Å². The van der Waals surface area contributed by atoms with Gasteiger partial charge in [-0.2, -0.15) is 0 Å². The number of imide groups is 1. The van der Waals surface area contributed by atoms with E-state index in [9.17, 15) is 27.6 Å². The first-order valence-corrected chi connectivity index (χ1v) is 9.96. The number of rotatable bonds is 6. The van der Waals surface area contributed by atoms with Crippen molar-refractivity contribution in [3.63, 3.8) is 0 Å². The average Bonchev–Trinajstić information content (AvgIpc) is 3.01. The number of nitrogens with one attached hydrogen (secondary N) is 1. The van der Waals surface area contributed by atoms with E-state index in [1.165, 1.54) is 32.4 Å². The van der Waals surface area contributed by atoms with Crippen molar-refractivity contribution in [3.8, 4) is 11.5 Å². The van der Waals surface area contributed by atoms with Crippen LogP contribution >= 0.6 is 23.4 Å². The monoisotopic (exact) mass is 486 g/mol. The topological polar surface area (TPSA) is 84.9 Å². The molecule has 1 N–H and O–H groups in total. The molecule has 168 valence electrons. The Morgan fingerprint density at radius 3 is 2.53 bits per heavy atom. The van der Waals surface area contributed by atoms with Crippen LogP contribution < -0.4 is 14.8 Å². The van der Waals surface area contributed by atoms with E-state index in [0.717, 1.165) is 6.07 Å². The minimum atomic E-state index is -1.76. The highest BCUT2D eigenvalue weighted by Gasteiger charge is 2.36. The second kappa shape index (κ2) is 9.53. The van der Waals surface area contributed by atoms with Crippen molar-refractivity contribution in [2.75, 3.05) is 26.1 Å². The Kier molecular flexibility index (Phi) is 6.99. The van der Waals surface area contributed by atoms with Crippen molar-refractivity contribution in [2.45, 2.75) is 0 Å². The summed E-state index contributed by atoms with van der Waals surface area (Å²) in [6.07, 6.45) is 1.38. The maximum absolute atomic E-state index is 13.7. The summed E-state index contributed by atoms with van der Waals surface area (Å²) < 4.78 is 50.3. The molecular weight excluding hydrogens is 473 g/mol. The van der Waals surface area contributed by atoms with Crippen molar-refractivity contribution in [3.05, 3.63) is 57.2 Å². The predicted molar refractivity (Wildman–Crippen MR) is 112 cm³/mol. The van der Waals surface area contributed by atoms with Gasteiger partial charge >= 0.3 is 0 Å². The molecular formula is C20H14ClF3N2O5S. The number of ether oxygens (including phenoxy) is 2. The predicted octanol–water partition coefficient (Wildman–Crippen LogP) is 4.45. The van der Waals surface area contributed by atoms with Crippen molar-refractivity contribution < 1.29 is 37.0 Å². The maximum Gasteiger partial charge on any atom is 0.294 e. The zero-order chi connectivity index (χ0) is 23.6. The van der Waals surface area contributed by atoms with E-state index in [0.29, 0.717) is 39.8 Å². The van der Waals surface area contributed by atoms with Gasteiger partial charge < -0.3 is 14.8 Å². The highest BCUT2D eigenvalue weighted by Crippen LogP contribution is 2.38. The highest BCUT2D eigenvalue weighted by molar-refractivity contribution is 8.18. The zero-order valence-corrected chi connectivity index (χ0v) is 18.1. The van der Waals surface area contributed by atoms with Gasteiger partial charge in [-0.15, -0.1) is 0 Å². The van der Waals surface area contributed by atoms with Crippen LogP contribution in [0.25, 0.3) is 6.08 Å². The Morgan fingerprint density at radius 2 is 1.88 bits per heavy atom. The SMILES string of the molecule is COc1cc(/C=C2\SC(=O)N(CC(=O)Nc3ccc(F)c(F)c3F)C2=O)cc(Cl)c1OC. The lowest BCUT2D eigenvalue weighted by atomic mass is 10.2. The third-order valence-electron chi connectivity index (χ3n) is 4.24. The molecule has 0 unspecified atom stereocenters. The van der Waals surface area contributed by atoms with Gasteiger partial charge in [-0.1, -0.05) is 11.6 Å². The maximum atomic E-state index is 13.7. The lowest BCUT2D eigenvalue weighted by Gasteiger charge is -2.13. The van der Waals surface area contributed by atoms with E-state index >= 15 is 0 Å². The quantitative estimate of drug-likeness (QED) is 0.480. The Labute approximate surface area is 189 Å². The Hall–Kier alpha value is -3.18. The summed E-state index contributed by atoms with van der Waals surface area (Å²) in [4.78, 5) is 37.6. The number of hydrogen-bond donors (Lipinski definition) is 1. The van der Waals surface area contributed by atoms with Crippen molar-refractivity contribution in [1.29, 1.82) is 0 Å². The van der Waals surface area contributed by atoms with Crippen LogP contribution in [0.1, 0.15) is 5.56 Å². The van der Waals surface area contributed by atoms with Gasteiger partial charge in [-0.05, 0) is 47.7 Å². The molecule has 0 atom stereocenters. The number of amides is 3. The summed E-state index contributed by atoms with van der Waals surface area (Å²) in [6.45, 7) is -0.757. The molecule has 0 bridgehead atoms. The fourth-order valence-corrected chi connectivity index (χ4v) is 3.90. The van der Waals surface area contributed by atoms with Gasteiger partial charge in [0.05, 0.1) is 29.8 Å². The van der Waals surface area contributed by atoms with Crippen LogP contribution in [0.4, 0.5) is 23.7 Å². The molecule has 32 heavy (non-hydrogen) atoms. The second-order valence-electron chi connectivity index (χ2n) is 6.28. The van der Waals surface area contributed by atoms with E-state index in [2.05, 4.69) is 0 Å². The largest absolute Gasteiger partial charge is 0.493 e. The van der Waals surface area contributed by atoms with Crippen LogP contribution in [0.3, 0.4) is 0 Å². The summed E-state index contributed by atoms with van der Waals surface area (Å²) in [5.74, 6) is -5.94. The molecule has 0 aliphatic carbocycles. The fourth-order valence-electron chi connectivity index (χ4n) is 2.76. The molecule has 0 spiro atoms. The Balaban J connectivity index is 1.77. The van der Waals surface area contributed by atoms with Crippen LogP contribution in [0.2, 0.25) is 5.02 Å². The Morgan fingerprint density at radius 1 is 1.16 bits per heavy atom. The molecule has 3 rings (SSSR count). The lowest BCUT2D eigenvalue weighted by molar-refractivity contribution is -0.127. The van der Waals surface area contributed by atoms with E-state index < -0.39 is 46.7 Å². The molecule has 1 aliphatic heterocycles. The first-order valence-electron chi connectivity index (χ1n) is 8.76. The number of halogens is 4. The summed E-state index contributed by atoms with van der Waals surface area (Å²) in [7, 11) is 2.81. The summed E-state index contributed by atoms with van der Waals surface area (Å²) in [6, 6.07) is 4.48. The number of nitrogens with zero attached hydrogens (tertiary/aromatic N) is 1. The molecule has 1 aliphatic rings. The zero-order valence-electron chi connectivity index (χ0n) is 16.5. The van der Waals surface area contributed by atoms with Gasteiger partial charge in [-0.3, -0.25) is 19.3 Å². The minimum Gasteiger partial charge on any atom is -0.493 e. The summed E-state index contributed by atoms with van der Waals surface area (Å²) in [5, 5.41) is 1.47. The van der Waals surface area contributed by atoms with Gasteiger partial charge in [0.25, 0.3) is 11.1 Å². The van der Waals surface area contributed by atoms with Crippen molar-refractivity contribution >= 4 is 52.2 Å². The lowest BCUT2D eigenvalue weighted by Crippen LogP contribution is -2.36. The fraction of sp³-hybridized carbons (Fsp3) is 0.150. The molecule has 2 aromatic rings. The van der Waals surface area contributed by atoms with Crippen LogP contribution in [0.5, 0.6) is 11.5 Å². The van der Waals surface area contributed by atoms with Crippen LogP contribution in [0.15, 0.2) is 29.2 Å². The third-order valence-corrected chi connectivity index (χ3v) is 5.43. The standard InChI is InChI=1S/C20H14ClF3N2O5S/c1-30-13-6-9(5-10(21)18(13)31-2)7-14-19(28)26(20(29)32-14)8-15(27)25-12-4-3-11(22)16(23)17(12)24/h3-7H,8H2,1-2H3,(H,25,27)/b14-7-. The number of anilines is 1. The molecule has 3 amide bonds. The highest BCUT2D eigenvalue weighted by atomic mass is 35.5. The molecule has 0 saturated carbocycles. The van der Waals surface area contributed by atoms with Crippen molar-refractivity contribution in [1.82, 2.24) is 4.90 Å². The number of thioether (sulfide) groups is 1. The summed E-state index contributed by atoms with van der Waals surface area (Å²) >= 11 is 6.72. The number of benzene rings is 2. The van der Waals surface area contributed by atoms with Crippen LogP contribution in [-0.2, 0) is 9.59 Å². The number of carbonyl (C=O) groups excluding carboxylic acids is 3. The molecule has 1 heterocycles. The number of methoxy groups -OCH3 is 2. The number of hydrogen-bond acceptors (Lipinski definition) is 6. The van der Waals surface area contributed by atoms with Crippen LogP contribution in [-0.4, -0.2) is 42.7 Å². The molecule has 2 aromatic carbocycles. The van der Waals surface area contributed by atoms with Crippen LogP contribution in [0, 0.1) is 17.5 Å². The average molecular weight is 487 g/mol. The van der Waals surface area contributed by atoms with Crippen molar-refractivity contribution in [2.24, 2.45) is 0 Å². The molecule has 1 fully saturated rings. The van der Waals surface area contributed by atoms with Gasteiger partial charge in [0.1, 0.15) is 6.54 Å². The second-order valence-corrected chi connectivity index (χ2v) is 7.68. The molecule has 0 radical (unpaired) electrons. The van der Waals surface area contributed by atoms with E-state index in [1.54, 1.807) is 0 Å². The minimum absolute atomic E-state index is 0.00472. The number of carbonyl (C=O) groups is 3. The Bertz CT molecular complexity index is 1160. The van der Waals surface area contributed by atoms with E-state index in [4.69, 9.17) is 21.1 Å². The van der Waals surface area contributed by atoms with Gasteiger partial charge in [-0.25, -0.2) is 13.2 Å². The third kappa shape index (κ3) is 4.68. The van der Waals surface area contributed by atoms with E-state index in [-0.39, 0.29) is 9.93 Å². The van der Waals surface area contributed by atoms with Gasteiger partial charge in [0, 0.05) is 0 Å². The molecule has 1 saturated heterocycles. The molecule has 7 nitrogen and oxygen atoms in total. The smallest absolute Gasteiger partial charge is 0.294 e. The van der Waals surface area contributed by atoms with Gasteiger partial charge in [0.2, 0.25) is 5.91 Å². The first-order chi connectivity index (χ1) is 15.2. The normalized spacial score (nSPS) is 14.8. The summed E-state index contributed by atoms with van der Waals surface area (Å²) in [5.41, 5.74) is -0.192. The van der Waals surface area contributed by atoms with E-state index in [1.807, 2.05) is 5.32 Å².